The van der Waals surface area contributed by atoms with Crippen molar-refractivity contribution in [3.05, 3.63) is 77.6 Å². The second-order valence-electron chi connectivity index (χ2n) is 6.32. The maximum atomic E-state index is 12.0. The maximum Gasteiger partial charge on any atom is 0.339 e. The van der Waals surface area contributed by atoms with Crippen molar-refractivity contribution in [1.82, 2.24) is 9.97 Å². The van der Waals surface area contributed by atoms with Crippen LogP contribution in [0, 0.1) is 6.92 Å². The van der Waals surface area contributed by atoms with E-state index in [0.717, 1.165) is 18.9 Å². The van der Waals surface area contributed by atoms with E-state index in [4.69, 9.17) is 4.74 Å². The van der Waals surface area contributed by atoms with Gasteiger partial charge in [0.25, 0.3) is 0 Å². The zero-order valence-electron chi connectivity index (χ0n) is 16.3. The van der Waals surface area contributed by atoms with Crippen LogP contribution in [0.15, 0.2) is 60.7 Å². The average Bonchev–Trinajstić information content (AvgIpc) is 2.72. The normalized spacial score (nSPS) is 10.4. The van der Waals surface area contributed by atoms with Crippen molar-refractivity contribution in [2.45, 2.75) is 20.4 Å². The van der Waals surface area contributed by atoms with E-state index in [-0.39, 0.29) is 0 Å². The minimum Gasteiger partial charge on any atom is -0.465 e. The van der Waals surface area contributed by atoms with Crippen molar-refractivity contribution in [1.29, 1.82) is 0 Å². The summed E-state index contributed by atoms with van der Waals surface area (Å²) in [5.41, 5.74) is 2.31. The van der Waals surface area contributed by atoms with E-state index >= 15 is 0 Å². The molecule has 0 radical (unpaired) electrons. The molecule has 0 amide bonds. The molecule has 28 heavy (non-hydrogen) atoms. The van der Waals surface area contributed by atoms with Gasteiger partial charge in [0.1, 0.15) is 17.5 Å². The van der Waals surface area contributed by atoms with Gasteiger partial charge < -0.3 is 15.0 Å². The number of rotatable bonds is 7. The fourth-order valence-corrected chi connectivity index (χ4v) is 2.95. The van der Waals surface area contributed by atoms with E-state index < -0.39 is 5.97 Å². The molecule has 0 aliphatic heterocycles. The zero-order valence-corrected chi connectivity index (χ0v) is 16.3. The minimum absolute atomic E-state index is 0.395. The third-order valence-corrected chi connectivity index (χ3v) is 4.34. The summed E-state index contributed by atoms with van der Waals surface area (Å²) in [6, 6.07) is 19.4. The van der Waals surface area contributed by atoms with Crippen molar-refractivity contribution >= 4 is 23.3 Å². The Morgan fingerprint density at radius 3 is 2.50 bits per heavy atom. The molecule has 1 heterocycles. The molecule has 3 aromatic rings. The lowest BCUT2D eigenvalue weighted by molar-refractivity contribution is 0.0602. The highest BCUT2D eigenvalue weighted by Crippen LogP contribution is 2.24. The summed E-state index contributed by atoms with van der Waals surface area (Å²) in [6.07, 6.45) is 0. The number of aryl methyl sites for hydroxylation is 1. The van der Waals surface area contributed by atoms with E-state index in [9.17, 15) is 4.79 Å². The first kappa shape index (κ1) is 19.4. The molecule has 1 N–H and O–H groups in total. The third-order valence-electron chi connectivity index (χ3n) is 4.34. The molecule has 0 saturated heterocycles. The minimum atomic E-state index is -0.395. The largest absolute Gasteiger partial charge is 0.465 e. The molecule has 1 aromatic heterocycles. The van der Waals surface area contributed by atoms with Crippen molar-refractivity contribution < 1.29 is 9.53 Å². The van der Waals surface area contributed by atoms with Gasteiger partial charge in [0, 0.05) is 19.2 Å². The van der Waals surface area contributed by atoms with Crippen molar-refractivity contribution in [2.24, 2.45) is 0 Å². The van der Waals surface area contributed by atoms with Gasteiger partial charge in [-0.25, -0.2) is 14.8 Å². The number of methoxy groups -OCH3 is 1. The van der Waals surface area contributed by atoms with Crippen molar-refractivity contribution in [3.63, 3.8) is 0 Å². The van der Waals surface area contributed by atoms with Crippen LogP contribution >= 0.6 is 0 Å². The molecule has 0 aliphatic carbocycles. The Hall–Kier alpha value is -3.41. The van der Waals surface area contributed by atoms with Gasteiger partial charge in [-0.3, -0.25) is 0 Å². The molecule has 0 bridgehead atoms. The summed E-state index contributed by atoms with van der Waals surface area (Å²) in [6.45, 7) is 5.52. The number of nitrogens with zero attached hydrogens (tertiary/aromatic N) is 3. The monoisotopic (exact) mass is 376 g/mol. The van der Waals surface area contributed by atoms with Crippen LogP contribution < -0.4 is 10.2 Å². The molecule has 0 atom stereocenters. The summed E-state index contributed by atoms with van der Waals surface area (Å²) in [5.74, 6) is 1.72. The molecule has 6 nitrogen and oxygen atoms in total. The molecule has 3 rings (SSSR count). The highest BCUT2D eigenvalue weighted by molar-refractivity contribution is 5.96. The number of carbonyl (C=O) groups is 1. The van der Waals surface area contributed by atoms with Crippen LogP contribution in [0.1, 0.15) is 28.7 Å². The summed E-state index contributed by atoms with van der Waals surface area (Å²) >= 11 is 0. The number of hydrogen-bond acceptors (Lipinski definition) is 6. The molecular weight excluding hydrogens is 352 g/mol. The SMILES string of the molecule is CCN(Cc1ccccc1)c1cc(Nc2ccccc2C(=O)OC)nc(C)n1. The number of para-hydroxylation sites is 1. The van der Waals surface area contributed by atoms with Crippen LogP contribution in [0.2, 0.25) is 0 Å². The molecule has 0 spiro atoms. The Morgan fingerprint density at radius 1 is 1.07 bits per heavy atom. The maximum absolute atomic E-state index is 12.0. The summed E-state index contributed by atoms with van der Waals surface area (Å²) in [5, 5.41) is 3.23. The molecule has 0 saturated carbocycles. The summed E-state index contributed by atoms with van der Waals surface area (Å²) in [4.78, 5) is 23.3. The summed E-state index contributed by atoms with van der Waals surface area (Å²) < 4.78 is 4.86. The Labute approximate surface area is 165 Å². The van der Waals surface area contributed by atoms with E-state index in [1.54, 1.807) is 12.1 Å². The van der Waals surface area contributed by atoms with Crippen LogP contribution in [-0.4, -0.2) is 29.6 Å². The second kappa shape index (κ2) is 8.99. The van der Waals surface area contributed by atoms with Gasteiger partial charge in [-0.05, 0) is 31.5 Å². The molecule has 0 unspecified atom stereocenters. The van der Waals surface area contributed by atoms with Crippen molar-refractivity contribution in [3.8, 4) is 0 Å². The number of hydrogen-bond donors (Lipinski definition) is 1. The Kier molecular flexibility index (Phi) is 6.22. The number of ether oxygens (including phenoxy) is 1. The quantitative estimate of drug-likeness (QED) is 0.619. The molecule has 144 valence electrons. The van der Waals surface area contributed by atoms with Gasteiger partial charge in [-0.15, -0.1) is 0 Å². The van der Waals surface area contributed by atoms with Crippen LogP contribution in [-0.2, 0) is 11.3 Å². The average molecular weight is 376 g/mol. The van der Waals surface area contributed by atoms with Gasteiger partial charge in [0.15, 0.2) is 0 Å². The Bertz CT molecular complexity index is 944. The lowest BCUT2D eigenvalue weighted by Gasteiger charge is -2.23. The predicted octanol–water partition coefficient (Wildman–Crippen LogP) is 4.34. The van der Waals surface area contributed by atoms with Crippen LogP contribution in [0.5, 0.6) is 0 Å². The Morgan fingerprint density at radius 2 is 1.79 bits per heavy atom. The molecular formula is C22H24N4O2. The van der Waals surface area contributed by atoms with E-state index in [1.165, 1.54) is 12.7 Å². The smallest absolute Gasteiger partial charge is 0.339 e. The molecule has 6 heteroatoms. The van der Waals surface area contributed by atoms with Crippen LogP contribution in [0.25, 0.3) is 0 Å². The predicted molar refractivity (Wildman–Crippen MR) is 111 cm³/mol. The summed E-state index contributed by atoms with van der Waals surface area (Å²) in [7, 11) is 1.37. The van der Waals surface area contributed by atoms with E-state index in [2.05, 4.69) is 39.2 Å². The highest BCUT2D eigenvalue weighted by Gasteiger charge is 2.14. The van der Waals surface area contributed by atoms with Crippen LogP contribution in [0.3, 0.4) is 0 Å². The van der Waals surface area contributed by atoms with Gasteiger partial charge in [0.2, 0.25) is 0 Å². The van der Waals surface area contributed by atoms with Crippen LogP contribution in [0.4, 0.5) is 17.3 Å². The first-order valence-electron chi connectivity index (χ1n) is 9.19. The second-order valence-corrected chi connectivity index (χ2v) is 6.32. The van der Waals surface area contributed by atoms with Gasteiger partial charge in [-0.2, -0.15) is 0 Å². The zero-order chi connectivity index (χ0) is 19.9. The first-order valence-corrected chi connectivity index (χ1v) is 9.19. The standard InChI is InChI=1S/C22H24N4O2/c1-4-26(15-17-10-6-5-7-11-17)21-14-20(23-16(2)24-21)25-19-13-9-8-12-18(19)22(27)28-3/h5-14H,4,15H2,1-3H3,(H,23,24,25). The van der Waals surface area contributed by atoms with Gasteiger partial charge >= 0.3 is 5.97 Å². The Balaban J connectivity index is 1.88. The number of anilines is 3. The third kappa shape index (κ3) is 4.65. The van der Waals surface area contributed by atoms with E-state index in [1.807, 2.05) is 43.3 Å². The number of benzene rings is 2. The molecule has 2 aromatic carbocycles. The number of nitrogens with one attached hydrogen (secondary N) is 1. The van der Waals surface area contributed by atoms with E-state index in [0.29, 0.717) is 22.9 Å². The fraction of sp³-hybridized carbons (Fsp3) is 0.227. The lowest BCUT2D eigenvalue weighted by Crippen LogP contribution is -2.23. The highest BCUT2D eigenvalue weighted by atomic mass is 16.5. The van der Waals surface area contributed by atoms with Crippen molar-refractivity contribution in [2.75, 3.05) is 23.9 Å². The van der Waals surface area contributed by atoms with Gasteiger partial charge in [0.05, 0.1) is 18.4 Å². The molecule has 0 aliphatic rings. The molecule has 0 fully saturated rings. The lowest BCUT2D eigenvalue weighted by atomic mass is 10.2. The van der Waals surface area contributed by atoms with Gasteiger partial charge in [-0.1, -0.05) is 42.5 Å². The number of aromatic nitrogens is 2. The topological polar surface area (TPSA) is 67.4 Å². The first-order chi connectivity index (χ1) is 13.6. The number of carbonyl (C=O) groups excluding carboxylic acids is 1. The fourth-order valence-electron chi connectivity index (χ4n) is 2.95. The number of esters is 1.